The lowest BCUT2D eigenvalue weighted by molar-refractivity contribution is 0.127. The molecular weight excluding hydrogens is 202 g/mol. The molecule has 1 aliphatic rings. The summed E-state index contributed by atoms with van der Waals surface area (Å²) in [4.78, 5) is 0. The molecule has 1 aliphatic carbocycles. The molecule has 0 aromatic carbocycles. The summed E-state index contributed by atoms with van der Waals surface area (Å²) in [6, 6.07) is 0.918. The van der Waals surface area contributed by atoms with Gasteiger partial charge < -0.3 is 15.2 Å². The summed E-state index contributed by atoms with van der Waals surface area (Å²) in [5, 5.41) is 12.6. The van der Waals surface area contributed by atoms with Gasteiger partial charge in [-0.05, 0) is 37.5 Å². The molecule has 0 bridgehead atoms. The van der Waals surface area contributed by atoms with Gasteiger partial charge in [0.1, 0.15) is 0 Å². The number of hydrogen-bond donors (Lipinski definition) is 2. The van der Waals surface area contributed by atoms with Gasteiger partial charge in [-0.2, -0.15) is 0 Å². The quantitative estimate of drug-likeness (QED) is 0.731. The van der Waals surface area contributed by atoms with E-state index in [-0.39, 0.29) is 6.61 Å². The second kappa shape index (κ2) is 6.58. The Bertz CT molecular complexity index is 178. The molecule has 3 heteroatoms. The molecule has 0 heterocycles. The van der Waals surface area contributed by atoms with Crippen molar-refractivity contribution in [2.75, 3.05) is 20.3 Å². The summed E-state index contributed by atoms with van der Waals surface area (Å²) in [5.41, 5.74) is 0.520. The fourth-order valence-electron chi connectivity index (χ4n) is 2.47. The summed E-state index contributed by atoms with van der Waals surface area (Å²) < 4.78 is 5.17. The molecule has 0 aromatic heterocycles. The number of aliphatic hydroxyl groups is 1. The van der Waals surface area contributed by atoms with Gasteiger partial charge in [-0.1, -0.05) is 13.8 Å². The maximum absolute atomic E-state index is 8.98. The predicted molar refractivity (Wildman–Crippen MR) is 66.5 cm³/mol. The van der Waals surface area contributed by atoms with Crippen molar-refractivity contribution in [3.05, 3.63) is 0 Å². The molecule has 96 valence electrons. The van der Waals surface area contributed by atoms with Crippen LogP contribution in [0.4, 0.5) is 0 Å². The van der Waals surface area contributed by atoms with Gasteiger partial charge in [-0.15, -0.1) is 0 Å². The standard InChI is InChI=1S/C13H27NO2/c1-13(2)7-4-11(5-8-13)14-12(6-9-15)10-16-3/h11-12,14-15H,4-10H2,1-3H3. The summed E-state index contributed by atoms with van der Waals surface area (Å²) >= 11 is 0. The molecule has 0 amide bonds. The van der Waals surface area contributed by atoms with Gasteiger partial charge >= 0.3 is 0 Å². The van der Waals surface area contributed by atoms with Crippen molar-refractivity contribution in [2.45, 2.75) is 58.0 Å². The van der Waals surface area contributed by atoms with Crippen molar-refractivity contribution in [1.82, 2.24) is 5.32 Å². The number of rotatable bonds is 6. The Morgan fingerprint density at radius 2 is 2.00 bits per heavy atom. The van der Waals surface area contributed by atoms with Gasteiger partial charge in [0.05, 0.1) is 6.61 Å². The van der Waals surface area contributed by atoms with Crippen LogP contribution in [0.2, 0.25) is 0 Å². The van der Waals surface area contributed by atoms with E-state index in [1.165, 1.54) is 25.7 Å². The van der Waals surface area contributed by atoms with E-state index in [1.807, 2.05) is 0 Å². The minimum atomic E-state index is 0.235. The fraction of sp³-hybridized carbons (Fsp3) is 1.00. The normalized spacial score (nSPS) is 23.2. The second-order valence-corrected chi connectivity index (χ2v) is 5.77. The van der Waals surface area contributed by atoms with E-state index in [2.05, 4.69) is 19.2 Å². The Morgan fingerprint density at radius 3 is 2.50 bits per heavy atom. The van der Waals surface area contributed by atoms with E-state index in [9.17, 15) is 0 Å². The topological polar surface area (TPSA) is 41.5 Å². The van der Waals surface area contributed by atoms with Crippen LogP contribution in [0, 0.1) is 5.41 Å². The first-order valence-corrected chi connectivity index (χ1v) is 6.43. The van der Waals surface area contributed by atoms with Crippen molar-refractivity contribution < 1.29 is 9.84 Å². The first kappa shape index (κ1) is 13.9. The molecule has 1 saturated carbocycles. The van der Waals surface area contributed by atoms with Gasteiger partial charge in [0.15, 0.2) is 0 Å². The van der Waals surface area contributed by atoms with Crippen LogP contribution in [-0.4, -0.2) is 37.5 Å². The minimum Gasteiger partial charge on any atom is -0.396 e. The zero-order valence-corrected chi connectivity index (χ0v) is 11.0. The molecule has 2 N–H and O–H groups in total. The Labute approximate surface area is 99.6 Å². The molecule has 1 fully saturated rings. The highest BCUT2D eigenvalue weighted by atomic mass is 16.5. The Kier molecular flexibility index (Phi) is 5.73. The lowest BCUT2D eigenvalue weighted by Gasteiger charge is -2.36. The fourth-order valence-corrected chi connectivity index (χ4v) is 2.47. The Hall–Kier alpha value is -0.120. The van der Waals surface area contributed by atoms with Gasteiger partial charge in [-0.3, -0.25) is 0 Å². The summed E-state index contributed by atoms with van der Waals surface area (Å²) in [6.45, 7) is 5.63. The molecule has 1 atom stereocenters. The van der Waals surface area contributed by atoms with E-state index < -0.39 is 0 Å². The lowest BCUT2D eigenvalue weighted by atomic mass is 9.75. The first-order valence-electron chi connectivity index (χ1n) is 6.43. The van der Waals surface area contributed by atoms with Crippen molar-refractivity contribution in [1.29, 1.82) is 0 Å². The van der Waals surface area contributed by atoms with Crippen LogP contribution in [0.25, 0.3) is 0 Å². The number of hydrogen-bond acceptors (Lipinski definition) is 3. The van der Waals surface area contributed by atoms with E-state index in [4.69, 9.17) is 9.84 Å². The first-order chi connectivity index (χ1) is 7.57. The highest BCUT2D eigenvalue weighted by Gasteiger charge is 2.27. The Morgan fingerprint density at radius 1 is 1.38 bits per heavy atom. The monoisotopic (exact) mass is 229 g/mol. The maximum Gasteiger partial charge on any atom is 0.0616 e. The van der Waals surface area contributed by atoms with Crippen LogP contribution in [0.5, 0.6) is 0 Å². The number of nitrogens with one attached hydrogen (secondary N) is 1. The third kappa shape index (κ3) is 4.81. The van der Waals surface area contributed by atoms with Crippen LogP contribution in [-0.2, 0) is 4.74 Å². The van der Waals surface area contributed by atoms with Crippen LogP contribution < -0.4 is 5.32 Å². The third-order valence-corrected chi connectivity index (χ3v) is 3.66. The molecule has 0 radical (unpaired) electrons. The molecule has 1 unspecified atom stereocenters. The van der Waals surface area contributed by atoms with Gasteiger partial charge in [-0.25, -0.2) is 0 Å². The SMILES string of the molecule is COCC(CCO)NC1CCC(C)(C)CC1. The number of methoxy groups -OCH3 is 1. The van der Waals surface area contributed by atoms with E-state index in [0.29, 0.717) is 24.1 Å². The lowest BCUT2D eigenvalue weighted by Crippen LogP contribution is -2.44. The van der Waals surface area contributed by atoms with Crippen LogP contribution in [0.1, 0.15) is 46.0 Å². The molecule has 3 nitrogen and oxygen atoms in total. The highest BCUT2D eigenvalue weighted by molar-refractivity contribution is 4.84. The highest BCUT2D eigenvalue weighted by Crippen LogP contribution is 2.35. The zero-order chi connectivity index (χ0) is 12.0. The summed E-state index contributed by atoms with van der Waals surface area (Å²) in [5.74, 6) is 0. The third-order valence-electron chi connectivity index (χ3n) is 3.66. The van der Waals surface area contributed by atoms with Crippen molar-refractivity contribution in [2.24, 2.45) is 5.41 Å². The average molecular weight is 229 g/mol. The smallest absolute Gasteiger partial charge is 0.0616 e. The predicted octanol–water partition coefficient (Wildman–Crippen LogP) is 1.94. The zero-order valence-electron chi connectivity index (χ0n) is 11.0. The van der Waals surface area contributed by atoms with E-state index in [1.54, 1.807) is 7.11 Å². The second-order valence-electron chi connectivity index (χ2n) is 5.77. The molecule has 0 aliphatic heterocycles. The molecule has 16 heavy (non-hydrogen) atoms. The molecule has 0 spiro atoms. The van der Waals surface area contributed by atoms with Gasteiger partial charge in [0.2, 0.25) is 0 Å². The molecular formula is C13H27NO2. The number of ether oxygens (including phenoxy) is 1. The van der Waals surface area contributed by atoms with Crippen molar-refractivity contribution >= 4 is 0 Å². The van der Waals surface area contributed by atoms with Gasteiger partial charge in [0, 0.05) is 25.8 Å². The summed E-state index contributed by atoms with van der Waals surface area (Å²) in [7, 11) is 1.72. The van der Waals surface area contributed by atoms with Crippen LogP contribution >= 0.6 is 0 Å². The van der Waals surface area contributed by atoms with Crippen LogP contribution in [0.3, 0.4) is 0 Å². The van der Waals surface area contributed by atoms with Gasteiger partial charge in [0.25, 0.3) is 0 Å². The maximum atomic E-state index is 8.98. The Balaban J connectivity index is 2.30. The molecule has 0 saturated heterocycles. The largest absolute Gasteiger partial charge is 0.396 e. The minimum absolute atomic E-state index is 0.235. The van der Waals surface area contributed by atoms with Crippen molar-refractivity contribution in [3.63, 3.8) is 0 Å². The van der Waals surface area contributed by atoms with Crippen molar-refractivity contribution in [3.8, 4) is 0 Å². The van der Waals surface area contributed by atoms with E-state index >= 15 is 0 Å². The van der Waals surface area contributed by atoms with E-state index in [0.717, 1.165) is 6.42 Å². The van der Waals surface area contributed by atoms with Crippen LogP contribution in [0.15, 0.2) is 0 Å². The molecule has 1 rings (SSSR count). The molecule has 0 aromatic rings. The number of aliphatic hydroxyl groups excluding tert-OH is 1. The summed E-state index contributed by atoms with van der Waals surface area (Å²) in [6.07, 6.45) is 5.87. The average Bonchev–Trinajstić information content (AvgIpc) is 2.22.